The third-order valence-electron chi connectivity index (χ3n) is 2.98. The summed E-state index contributed by atoms with van der Waals surface area (Å²) in [7, 11) is 0. The lowest BCUT2D eigenvalue weighted by Gasteiger charge is -2.08. The van der Waals surface area contributed by atoms with Crippen LogP contribution in [0.2, 0.25) is 0 Å². The summed E-state index contributed by atoms with van der Waals surface area (Å²) in [4.78, 5) is 22.2. The molecular weight excluding hydrogens is 244 g/mol. The van der Waals surface area contributed by atoms with Crippen LogP contribution >= 0.6 is 0 Å². The molecule has 2 atom stereocenters. The number of hydrogen-bond donors (Lipinski definition) is 2. The molecule has 18 heavy (non-hydrogen) atoms. The molecular formula is C12H11F2NO3. The summed E-state index contributed by atoms with van der Waals surface area (Å²) in [6.45, 7) is 1.45. The number of carboxylic acid groups (broad SMARTS) is 1. The van der Waals surface area contributed by atoms with Crippen molar-refractivity contribution in [2.45, 2.75) is 13.3 Å². The Morgan fingerprint density at radius 1 is 1.33 bits per heavy atom. The molecule has 0 unspecified atom stereocenters. The van der Waals surface area contributed by atoms with Crippen molar-refractivity contribution in [2.75, 3.05) is 5.32 Å². The van der Waals surface area contributed by atoms with Crippen molar-refractivity contribution in [3.05, 3.63) is 29.3 Å². The highest BCUT2D eigenvalue weighted by atomic mass is 19.1. The fourth-order valence-corrected chi connectivity index (χ4v) is 1.74. The number of amides is 1. The highest BCUT2D eigenvalue weighted by molar-refractivity contribution is 5.98. The number of anilines is 1. The quantitative estimate of drug-likeness (QED) is 0.867. The molecule has 0 aliphatic heterocycles. The molecule has 0 heterocycles. The maximum absolute atomic E-state index is 13.6. The molecule has 1 aromatic carbocycles. The van der Waals surface area contributed by atoms with Gasteiger partial charge in [0.05, 0.1) is 11.8 Å². The van der Waals surface area contributed by atoms with Gasteiger partial charge in [-0.05, 0) is 25.0 Å². The van der Waals surface area contributed by atoms with Crippen molar-refractivity contribution in [3.8, 4) is 0 Å². The van der Waals surface area contributed by atoms with E-state index in [1.165, 1.54) is 13.0 Å². The number of carbonyl (C=O) groups is 2. The van der Waals surface area contributed by atoms with E-state index in [0.717, 1.165) is 6.07 Å². The largest absolute Gasteiger partial charge is 0.481 e. The highest BCUT2D eigenvalue weighted by Gasteiger charge is 2.48. The lowest BCUT2D eigenvalue weighted by Crippen LogP contribution is -2.18. The van der Waals surface area contributed by atoms with Crippen LogP contribution in [0.3, 0.4) is 0 Å². The van der Waals surface area contributed by atoms with E-state index < -0.39 is 41.0 Å². The summed E-state index contributed by atoms with van der Waals surface area (Å²) in [6, 6.07) is 2.31. The molecule has 0 bridgehead atoms. The first-order chi connectivity index (χ1) is 8.41. The van der Waals surface area contributed by atoms with Gasteiger partial charge in [-0.2, -0.15) is 0 Å². The van der Waals surface area contributed by atoms with Gasteiger partial charge in [0.2, 0.25) is 5.91 Å². The van der Waals surface area contributed by atoms with Gasteiger partial charge in [-0.15, -0.1) is 0 Å². The van der Waals surface area contributed by atoms with Gasteiger partial charge in [-0.25, -0.2) is 8.78 Å². The fraction of sp³-hybridized carbons (Fsp3) is 0.333. The number of carbonyl (C=O) groups excluding carboxylic acids is 1. The summed E-state index contributed by atoms with van der Waals surface area (Å²) >= 11 is 0. The van der Waals surface area contributed by atoms with Crippen LogP contribution in [-0.4, -0.2) is 17.0 Å². The first kappa shape index (κ1) is 12.5. The average molecular weight is 255 g/mol. The smallest absolute Gasteiger partial charge is 0.307 e. The summed E-state index contributed by atoms with van der Waals surface area (Å²) in [5.41, 5.74) is -0.312. The molecule has 2 N–H and O–H groups in total. The molecule has 96 valence electrons. The summed E-state index contributed by atoms with van der Waals surface area (Å²) in [5, 5.41) is 10.8. The Kier molecular flexibility index (Phi) is 3.02. The predicted octanol–water partition coefficient (Wildman–Crippen LogP) is 1.93. The number of carboxylic acids is 1. The minimum absolute atomic E-state index is 0.205. The topological polar surface area (TPSA) is 66.4 Å². The molecule has 0 spiro atoms. The van der Waals surface area contributed by atoms with E-state index in [1.807, 2.05) is 0 Å². The monoisotopic (exact) mass is 255 g/mol. The Balaban J connectivity index is 2.14. The third kappa shape index (κ3) is 2.18. The molecule has 1 fully saturated rings. The molecule has 6 heteroatoms. The number of rotatable bonds is 3. The number of benzene rings is 1. The molecule has 1 aromatic rings. The van der Waals surface area contributed by atoms with Crippen molar-refractivity contribution < 1.29 is 23.5 Å². The normalized spacial score (nSPS) is 21.5. The van der Waals surface area contributed by atoms with Crippen molar-refractivity contribution in [3.63, 3.8) is 0 Å². The molecule has 1 amide bonds. The Hall–Kier alpha value is -1.98. The molecule has 1 saturated carbocycles. The van der Waals surface area contributed by atoms with E-state index in [9.17, 15) is 18.4 Å². The van der Waals surface area contributed by atoms with Crippen LogP contribution in [0.5, 0.6) is 0 Å². The SMILES string of the molecule is Cc1ccc(F)c(NC(=O)[C@@H]2C[C@@H]2C(=O)O)c1F. The van der Waals surface area contributed by atoms with E-state index in [2.05, 4.69) is 5.32 Å². The minimum atomic E-state index is -1.07. The second-order valence-corrected chi connectivity index (χ2v) is 4.33. The second-order valence-electron chi connectivity index (χ2n) is 4.33. The van der Waals surface area contributed by atoms with Gasteiger partial charge in [0.1, 0.15) is 11.5 Å². The van der Waals surface area contributed by atoms with Crippen LogP contribution in [-0.2, 0) is 9.59 Å². The molecule has 1 aliphatic rings. The Labute approximate surface area is 102 Å². The number of halogens is 2. The van der Waals surface area contributed by atoms with Crippen LogP contribution in [0.25, 0.3) is 0 Å². The number of nitrogens with one attached hydrogen (secondary N) is 1. The van der Waals surface area contributed by atoms with Crippen LogP contribution < -0.4 is 5.32 Å². The molecule has 0 radical (unpaired) electrons. The van der Waals surface area contributed by atoms with E-state index in [-0.39, 0.29) is 12.0 Å². The van der Waals surface area contributed by atoms with E-state index >= 15 is 0 Å². The van der Waals surface area contributed by atoms with Crippen LogP contribution in [0.1, 0.15) is 12.0 Å². The third-order valence-corrected chi connectivity index (χ3v) is 2.98. The zero-order chi connectivity index (χ0) is 13.4. The predicted molar refractivity (Wildman–Crippen MR) is 59.0 cm³/mol. The molecule has 1 aliphatic carbocycles. The minimum Gasteiger partial charge on any atom is -0.481 e. The molecule has 2 rings (SSSR count). The lowest BCUT2D eigenvalue weighted by molar-refractivity contribution is -0.139. The van der Waals surface area contributed by atoms with Gasteiger partial charge in [-0.1, -0.05) is 6.07 Å². The molecule has 0 saturated heterocycles. The van der Waals surface area contributed by atoms with Gasteiger partial charge in [0, 0.05) is 0 Å². The van der Waals surface area contributed by atoms with Crippen LogP contribution in [0, 0.1) is 30.4 Å². The number of aliphatic carboxylic acids is 1. The van der Waals surface area contributed by atoms with Gasteiger partial charge < -0.3 is 10.4 Å². The second kappa shape index (κ2) is 4.36. The lowest BCUT2D eigenvalue weighted by atomic mass is 10.2. The fourth-order valence-electron chi connectivity index (χ4n) is 1.74. The Bertz CT molecular complexity index is 530. The molecule has 4 nitrogen and oxygen atoms in total. The first-order valence-electron chi connectivity index (χ1n) is 5.40. The average Bonchev–Trinajstić information content (AvgIpc) is 3.09. The van der Waals surface area contributed by atoms with Crippen molar-refractivity contribution >= 4 is 17.6 Å². The zero-order valence-corrected chi connectivity index (χ0v) is 9.54. The zero-order valence-electron chi connectivity index (χ0n) is 9.54. The van der Waals surface area contributed by atoms with E-state index in [1.54, 1.807) is 0 Å². The van der Waals surface area contributed by atoms with Gasteiger partial charge in [-0.3, -0.25) is 9.59 Å². The van der Waals surface area contributed by atoms with Gasteiger partial charge >= 0.3 is 5.97 Å². The Morgan fingerprint density at radius 3 is 2.56 bits per heavy atom. The van der Waals surface area contributed by atoms with E-state index in [4.69, 9.17) is 5.11 Å². The summed E-state index contributed by atoms with van der Waals surface area (Å²) < 4.78 is 27.0. The first-order valence-corrected chi connectivity index (χ1v) is 5.40. The van der Waals surface area contributed by atoms with Crippen LogP contribution in [0.15, 0.2) is 12.1 Å². The van der Waals surface area contributed by atoms with Crippen molar-refractivity contribution in [1.29, 1.82) is 0 Å². The maximum atomic E-state index is 13.6. The standard InChI is InChI=1S/C12H11F2NO3/c1-5-2-3-8(13)10(9(5)14)15-11(16)6-4-7(6)12(17)18/h2-3,6-7H,4H2,1H3,(H,15,16)(H,17,18)/t6-,7+/m1/s1. The number of hydrogen-bond acceptors (Lipinski definition) is 2. The van der Waals surface area contributed by atoms with Gasteiger partial charge in [0.25, 0.3) is 0 Å². The van der Waals surface area contributed by atoms with Crippen molar-refractivity contribution in [2.24, 2.45) is 11.8 Å². The summed E-state index contributed by atoms with van der Waals surface area (Å²) in [5.74, 6) is -4.90. The molecule has 0 aromatic heterocycles. The van der Waals surface area contributed by atoms with E-state index in [0.29, 0.717) is 0 Å². The van der Waals surface area contributed by atoms with Gasteiger partial charge in [0.15, 0.2) is 5.82 Å². The number of aryl methyl sites for hydroxylation is 1. The summed E-state index contributed by atoms with van der Waals surface area (Å²) in [6.07, 6.45) is 0.205. The van der Waals surface area contributed by atoms with Crippen LogP contribution in [0.4, 0.5) is 14.5 Å². The van der Waals surface area contributed by atoms with Crippen molar-refractivity contribution in [1.82, 2.24) is 0 Å². The maximum Gasteiger partial charge on any atom is 0.307 e. The Morgan fingerprint density at radius 2 is 2.00 bits per heavy atom. The highest BCUT2D eigenvalue weighted by Crippen LogP contribution is 2.39.